The smallest absolute Gasteiger partial charge is 0.0317 e. The fourth-order valence-electron chi connectivity index (χ4n) is 1.80. The molecule has 0 amide bonds. The lowest BCUT2D eigenvalue weighted by Gasteiger charge is -2.33. The van der Waals surface area contributed by atoms with Gasteiger partial charge >= 0.3 is 0 Å². The van der Waals surface area contributed by atoms with Crippen LogP contribution in [0.3, 0.4) is 0 Å². The van der Waals surface area contributed by atoms with Gasteiger partial charge in [0.05, 0.1) is 0 Å². The van der Waals surface area contributed by atoms with Crippen LogP contribution in [0.4, 0.5) is 0 Å². The van der Waals surface area contributed by atoms with Crippen LogP contribution in [0, 0.1) is 5.41 Å². The number of unbranched alkanes of at least 4 members (excludes halogenated alkanes) is 2. The maximum Gasteiger partial charge on any atom is 0.0317 e. The van der Waals surface area contributed by atoms with Crippen LogP contribution in [0.25, 0.3) is 0 Å². The average Bonchev–Trinajstić information content (AvgIpc) is 2.01. The number of rotatable bonds is 7. The third-order valence-corrected chi connectivity index (χ3v) is 3.11. The lowest BCUT2D eigenvalue weighted by atomic mass is 9.86. The standard InChI is InChI=1S/C12H26N2/c1-4-5-6-7-12(2,3)10-14-11-8-13-9-11/h11,13-14H,4-10H2,1-3H3. The first kappa shape index (κ1) is 12.0. The summed E-state index contributed by atoms with van der Waals surface area (Å²) in [5, 5.41) is 6.91. The van der Waals surface area contributed by atoms with E-state index in [4.69, 9.17) is 0 Å². The summed E-state index contributed by atoms with van der Waals surface area (Å²) in [4.78, 5) is 0. The van der Waals surface area contributed by atoms with Crippen molar-refractivity contribution >= 4 is 0 Å². The van der Waals surface area contributed by atoms with Crippen molar-refractivity contribution in [1.29, 1.82) is 0 Å². The predicted octanol–water partition coefficient (Wildman–Crippen LogP) is 2.15. The summed E-state index contributed by atoms with van der Waals surface area (Å²) < 4.78 is 0. The summed E-state index contributed by atoms with van der Waals surface area (Å²) in [6.07, 6.45) is 5.45. The number of nitrogens with one attached hydrogen (secondary N) is 2. The van der Waals surface area contributed by atoms with Crippen molar-refractivity contribution in [2.75, 3.05) is 19.6 Å². The summed E-state index contributed by atoms with van der Waals surface area (Å²) in [6.45, 7) is 10.5. The van der Waals surface area contributed by atoms with Gasteiger partial charge in [-0.1, -0.05) is 40.0 Å². The van der Waals surface area contributed by atoms with Gasteiger partial charge in [0.15, 0.2) is 0 Å². The minimum atomic E-state index is 0.477. The topological polar surface area (TPSA) is 24.1 Å². The zero-order valence-corrected chi connectivity index (χ0v) is 10.0. The minimum Gasteiger partial charge on any atom is -0.314 e. The summed E-state index contributed by atoms with van der Waals surface area (Å²) in [7, 11) is 0. The van der Waals surface area contributed by atoms with Crippen molar-refractivity contribution in [1.82, 2.24) is 10.6 Å². The highest BCUT2D eigenvalue weighted by Crippen LogP contribution is 2.22. The van der Waals surface area contributed by atoms with Crippen LogP contribution in [0.1, 0.15) is 46.5 Å². The SMILES string of the molecule is CCCCCC(C)(C)CNC1CNC1. The second-order valence-corrected chi connectivity index (χ2v) is 5.36. The summed E-state index contributed by atoms with van der Waals surface area (Å²) >= 11 is 0. The van der Waals surface area contributed by atoms with Crippen LogP contribution < -0.4 is 10.6 Å². The molecule has 0 aliphatic carbocycles. The molecule has 2 nitrogen and oxygen atoms in total. The average molecular weight is 198 g/mol. The van der Waals surface area contributed by atoms with Crippen molar-refractivity contribution in [2.45, 2.75) is 52.5 Å². The maximum absolute atomic E-state index is 3.62. The molecule has 0 saturated carbocycles. The quantitative estimate of drug-likeness (QED) is 0.613. The first-order valence-corrected chi connectivity index (χ1v) is 6.08. The molecule has 0 aromatic heterocycles. The first-order valence-electron chi connectivity index (χ1n) is 6.08. The molecule has 1 fully saturated rings. The predicted molar refractivity (Wildman–Crippen MR) is 62.6 cm³/mol. The molecule has 1 saturated heterocycles. The third-order valence-electron chi connectivity index (χ3n) is 3.11. The van der Waals surface area contributed by atoms with Gasteiger partial charge in [-0.25, -0.2) is 0 Å². The molecule has 84 valence electrons. The molecule has 1 aliphatic rings. The molecule has 0 bridgehead atoms. The number of hydrogen-bond donors (Lipinski definition) is 2. The van der Waals surface area contributed by atoms with Gasteiger partial charge in [-0.15, -0.1) is 0 Å². The lowest BCUT2D eigenvalue weighted by molar-refractivity contribution is 0.261. The van der Waals surface area contributed by atoms with Gasteiger partial charge in [0.1, 0.15) is 0 Å². The Balaban J connectivity index is 2.05. The first-order chi connectivity index (χ1) is 6.64. The molecule has 0 spiro atoms. The highest BCUT2D eigenvalue weighted by Gasteiger charge is 2.21. The van der Waals surface area contributed by atoms with Crippen molar-refractivity contribution < 1.29 is 0 Å². The summed E-state index contributed by atoms with van der Waals surface area (Å²) in [5.41, 5.74) is 0.477. The van der Waals surface area contributed by atoms with Crippen LogP contribution in [0.5, 0.6) is 0 Å². The molecule has 1 heterocycles. The molecule has 0 atom stereocenters. The molecule has 0 unspecified atom stereocenters. The van der Waals surface area contributed by atoms with Gasteiger partial charge in [-0.05, 0) is 11.8 Å². The van der Waals surface area contributed by atoms with E-state index < -0.39 is 0 Å². The minimum absolute atomic E-state index is 0.477. The Labute approximate surface area is 88.8 Å². The van der Waals surface area contributed by atoms with Crippen LogP contribution in [-0.4, -0.2) is 25.7 Å². The molecular weight excluding hydrogens is 172 g/mol. The van der Waals surface area contributed by atoms with Crippen LogP contribution in [-0.2, 0) is 0 Å². The van der Waals surface area contributed by atoms with E-state index in [-0.39, 0.29) is 0 Å². The Hall–Kier alpha value is -0.0800. The van der Waals surface area contributed by atoms with Crippen molar-refractivity contribution in [3.05, 3.63) is 0 Å². The Bertz CT molecular complexity index is 150. The van der Waals surface area contributed by atoms with E-state index in [2.05, 4.69) is 31.4 Å². The monoisotopic (exact) mass is 198 g/mol. The van der Waals surface area contributed by atoms with E-state index in [9.17, 15) is 0 Å². The number of hydrogen-bond acceptors (Lipinski definition) is 2. The molecule has 1 rings (SSSR count). The zero-order chi connectivity index (χ0) is 10.4. The van der Waals surface area contributed by atoms with E-state index in [1.54, 1.807) is 0 Å². The van der Waals surface area contributed by atoms with Gasteiger partial charge < -0.3 is 10.6 Å². The van der Waals surface area contributed by atoms with E-state index in [0.29, 0.717) is 5.41 Å². The van der Waals surface area contributed by atoms with E-state index >= 15 is 0 Å². The highest BCUT2D eigenvalue weighted by molar-refractivity contribution is 4.84. The fourth-order valence-corrected chi connectivity index (χ4v) is 1.80. The van der Waals surface area contributed by atoms with Crippen LogP contribution in [0.15, 0.2) is 0 Å². The molecule has 0 aromatic rings. The molecular formula is C12H26N2. The van der Waals surface area contributed by atoms with Crippen molar-refractivity contribution in [2.24, 2.45) is 5.41 Å². The fraction of sp³-hybridized carbons (Fsp3) is 1.00. The maximum atomic E-state index is 3.62. The van der Waals surface area contributed by atoms with Gasteiger partial charge in [0.25, 0.3) is 0 Å². The molecule has 1 aliphatic heterocycles. The lowest BCUT2D eigenvalue weighted by Crippen LogP contribution is -2.56. The Kier molecular flexibility index (Phi) is 4.90. The Morgan fingerprint density at radius 1 is 1.29 bits per heavy atom. The molecule has 14 heavy (non-hydrogen) atoms. The Morgan fingerprint density at radius 3 is 2.50 bits per heavy atom. The normalized spacial score (nSPS) is 18.2. The van der Waals surface area contributed by atoms with Crippen LogP contribution in [0.2, 0.25) is 0 Å². The summed E-state index contributed by atoms with van der Waals surface area (Å²) in [6, 6.07) is 0.737. The molecule has 0 radical (unpaired) electrons. The van der Waals surface area contributed by atoms with Crippen molar-refractivity contribution in [3.63, 3.8) is 0 Å². The van der Waals surface area contributed by atoms with Crippen molar-refractivity contribution in [3.8, 4) is 0 Å². The zero-order valence-electron chi connectivity index (χ0n) is 10.0. The second kappa shape index (κ2) is 5.72. The van der Waals surface area contributed by atoms with E-state index in [0.717, 1.165) is 19.1 Å². The van der Waals surface area contributed by atoms with E-state index in [1.165, 1.54) is 32.2 Å². The Morgan fingerprint density at radius 2 is 2.00 bits per heavy atom. The van der Waals surface area contributed by atoms with Gasteiger partial charge in [0.2, 0.25) is 0 Å². The van der Waals surface area contributed by atoms with Crippen LogP contribution >= 0.6 is 0 Å². The molecule has 2 N–H and O–H groups in total. The van der Waals surface area contributed by atoms with Gasteiger partial charge in [0, 0.05) is 25.7 Å². The molecule has 0 aromatic carbocycles. The third kappa shape index (κ3) is 4.43. The molecule has 2 heteroatoms. The van der Waals surface area contributed by atoms with Gasteiger partial charge in [-0.3, -0.25) is 0 Å². The second-order valence-electron chi connectivity index (χ2n) is 5.36. The van der Waals surface area contributed by atoms with E-state index in [1.807, 2.05) is 0 Å². The van der Waals surface area contributed by atoms with Gasteiger partial charge in [-0.2, -0.15) is 0 Å². The summed E-state index contributed by atoms with van der Waals surface area (Å²) in [5.74, 6) is 0. The highest BCUT2D eigenvalue weighted by atomic mass is 15.1. The largest absolute Gasteiger partial charge is 0.314 e.